The van der Waals surface area contributed by atoms with Crippen molar-refractivity contribution in [1.82, 2.24) is 15.3 Å². The largest absolute Gasteiger partial charge is 0.385 e. The van der Waals surface area contributed by atoms with Crippen LogP contribution in [-0.4, -0.2) is 27.2 Å². The van der Waals surface area contributed by atoms with Crippen LogP contribution in [0.3, 0.4) is 0 Å². The molecule has 0 fully saturated rings. The SMILES string of the molecule is CC(C)(C)NCC(O)c1cccc(-c2cccnc2)n1. The predicted molar refractivity (Wildman–Crippen MR) is 80.2 cm³/mol. The van der Waals surface area contributed by atoms with Gasteiger partial charge in [-0.3, -0.25) is 4.98 Å². The monoisotopic (exact) mass is 271 g/mol. The van der Waals surface area contributed by atoms with Crippen molar-refractivity contribution in [2.75, 3.05) is 6.54 Å². The molecule has 0 aliphatic carbocycles. The van der Waals surface area contributed by atoms with Gasteiger partial charge in [0.25, 0.3) is 0 Å². The zero-order valence-electron chi connectivity index (χ0n) is 12.2. The van der Waals surface area contributed by atoms with E-state index in [2.05, 4.69) is 36.1 Å². The highest BCUT2D eigenvalue weighted by Gasteiger charge is 2.15. The summed E-state index contributed by atoms with van der Waals surface area (Å²) in [6.45, 7) is 6.69. The Kier molecular flexibility index (Phi) is 4.47. The number of aromatic nitrogens is 2. The second-order valence-electron chi connectivity index (χ2n) is 5.84. The Bertz CT molecular complexity index is 549. The first-order chi connectivity index (χ1) is 9.46. The fourth-order valence-electron chi connectivity index (χ4n) is 1.82. The van der Waals surface area contributed by atoms with E-state index in [4.69, 9.17) is 0 Å². The molecule has 2 aromatic rings. The first-order valence-electron chi connectivity index (χ1n) is 6.76. The molecule has 106 valence electrons. The summed E-state index contributed by atoms with van der Waals surface area (Å²) >= 11 is 0. The van der Waals surface area contributed by atoms with Gasteiger partial charge < -0.3 is 10.4 Å². The maximum atomic E-state index is 10.2. The van der Waals surface area contributed by atoms with Crippen LogP contribution in [0.2, 0.25) is 0 Å². The van der Waals surface area contributed by atoms with E-state index in [9.17, 15) is 5.11 Å². The van der Waals surface area contributed by atoms with E-state index in [1.165, 1.54) is 0 Å². The molecule has 0 radical (unpaired) electrons. The first-order valence-corrected chi connectivity index (χ1v) is 6.76. The Labute approximate surface area is 119 Å². The van der Waals surface area contributed by atoms with E-state index in [0.717, 1.165) is 11.3 Å². The third-order valence-corrected chi connectivity index (χ3v) is 2.90. The van der Waals surface area contributed by atoms with Gasteiger partial charge in [0.1, 0.15) is 6.10 Å². The lowest BCUT2D eigenvalue weighted by Gasteiger charge is -2.22. The summed E-state index contributed by atoms with van der Waals surface area (Å²) in [6, 6.07) is 9.50. The Morgan fingerprint density at radius 2 is 2.00 bits per heavy atom. The molecule has 0 spiro atoms. The molecule has 1 unspecified atom stereocenters. The second kappa shape index (κ2) is 6.11. The van der Waals surface area contributed by atoms with E-state index < -0.39 is 6.10 Å². The molecule has 4 heteroatoms. The number of hydrogen-bond donors (Lipinski definition) is 2. The molecule has 0 saturated carbocycles. The molecule has 0 amide bonds. The lowest BCUT2D eigenvalue weighted by Crippen LogP contribution is -2.38. The van der Waals surface area contributed by atoms with Gasteiger partial charge in [-0.2, -0.15) is 0 Å². The van der Waals surface area contributed by atoms with Crippen molar-refractivity contribution >= 4 is 0 Å². The average molecular weight is 271 g/mol. The standard InChI is InChI=1S/C16H21N3O/c1-16(2,3)18-11-15(20)14-8-4-7-13(19-14)12-6-5-9-17-10-12/h4-10,15,18,20H,11H2,1-3H3. The van der Waals surface area contributed by atoms with Crippen LogP contribution in [-0.2, 0) is 0 Å². The second-order valence-corrected chi connectivity index (χ2v) is 5.84. The molecule has 2 aromatic heterocycles. The molecule has 2 rings (SSSR count). The minimum absolute atomic E-state index is 0.0259. The van der Waals surface area contributed by atoms with Crippen molar-refractivity contribution in [3.8, 4) is 11.3 Å². The van der Waals surface area contributed by atoms with Crippen LogP contribution in [0, 0.1) is 0 Å². The Morgan fingerprint density at radius 1 is 1.20 bits per heavy atom. The first kappa shape index (κ1) is 14.6. The van der Waals surface area contributed by atoms with Crippen LogP contribution in [0.4, 0.5) is 0 Å². The van der Waals surface area contributed by atoms with Gasteiger partial charge in [-0.1, -0.05) is 6.07 Å². The topological polar surface area (TPSA) is 58.0 Å². The molecule has 20 heavy (non-hydrogen) atoms. The van der Waals surface area contributed by atoms with Crippen LogP contribution in [0.15, 0.2) is 42.7 Å². The highest BCUT2D eigenvalue weighted by atomic mass is 16.3. The zero-order chi connectivity index (χ0) is 14.6. The van der Waals surface area contributed by atoms with Crippen molar-refractivity contribution in [2.45, 2.75) is 32.4 Å². The van der Waals surface area contributed by atoms with Gasteiger partial charge in [-0.25, -0.2) is 4.98 Å². The number of β-amino-alcohol motifs (C(OH)–C–C–N with tert-alkyl or cyclic N) is 1. The number of rotatable bonds is 4. The van der Waals surface area contributed by atoms with Gasteiger partial charge in [0.05, 0.1) is 11.4 Å². The van der Waals surface area contributed by atoms with E-state index in [0.29, 0.717) is 12.2 Å². The highest BCUT2D eigenvalue weighted by molar-refractivity contribution is 5.57. The number of hydrogen-bond acceptors (Lipinski definition) is 4. The third kappa shape index (κ3) is 4.11. The zero-order valence-corrected chi connectivity index (χ0v) is 12.2. The van der Waals surface area contributed by atoms with Crippen LogP contribution in [0.25, 0.3) is 11.3 Å². The molecule has 0 bridgehead atoms. The molecule has 2 heterocycles. The molecular formula is C16H21N3O. The number of aliphatic hydroxyl groups is 1. The predicted octanol–water partition coefficient (Wildman–Crippen LogP) is 2.57. The van der Waals surface area contributed by atoms with Gasteiger partial charge in [-0.15, -0.1) is 0 Å². The van der Waals surface area contributed by atoms with Crippen molar-refractivity contribution in [1.29, 1.82) is 0 Å². The smallest absolute Gasteiger partial charge is 0.108 e. The van der Waals surface area contributed by atoms with Crippen LogP contribution < -0.4 is 5.32 Å². The van der Waals surface area contributed by atoms with Gasteiger partial charge in [-0.05, 0) is 45.0 Å². The van der Waals surface area contributed by atoms with Crippen molar-refractivity contribution in [2.24, 2.45) is 0 Å². The minimum Gasteiger partial charge on any atom is -0.385 e. The maximum absolute atomic E-state index is 10.2. The number of nitrogens with one attached hydrogen (secondary N) is 1. The summed E-state index contributed by atoms with van der Waals surface area (Å²) in [4.78, 5) is 8.60. The fourth-order valence-corrected chi connectivity index (χ4v) is 1.82. The van der Waals surface area contributed by atoms with Gasteiger partial charge in [0, 0.05) is 30.0 Å². The van der Waals surface area contributed by atoms with Gasteiger partial charge >= 0.3 is 0 Å². The number of aliphatic hydroxyl groups excluding tert-OH is 1. The lowest BCUT2D eigenvalue weighted by atomic mass is 10.1. The fraction of sp³-hybridized carbons (Fsp3) is 0.375. The Morgan fingerprint density at radius 3 is 2.65 bits per heavy atom. The van der Waals surface area contributed by atoms with Crippen molar-refractivity contribution in [3.63, 3.8) is 0 Å². The van der Waals surface area contributed by atoms with E-state index >= 15 is 0 Å². The number of pyridine rings is 2. The number of nitrogens with zero attached hydrogens (tertiary/aromatic N) is 2. The molecule has 1 atom stereocenters. The summed E-state index contributed by atoms with van der Waals surface area (Å²) < 4.78 is 0. The lowest BCUT2D eigenvalue weighted by molar-refractivity contribution is 0.159. The molecule has 0 aromatic carbocycles. The summed E-state index contributed by atoms with van der Waals surface area (Å²) in [7, 11) is 0. The molecule has 4 nitrogen and oxygen atoms in total. The van der Waals surface area contributed by atoms with Crippen molar-refractivity contribution < 1.29 is 5.11 Å². The van der Waals surface area contributed by atoms with Gasteiger partial charge in [0.2, 0.25) is 0 Å². The summed E-state index contributed by atoms with van der Waals surface area (Å²) in [5.41, 5.74) is 2.42. The minimum atomic E-state index is -0.620. The normalized spacial score (nSPS) is 13.2. The van der Waals surface area contributed by atoms with Crippen LogP contribution >= 0.6 is 0 Å². The average Bonchev–Trinajstić information content (AvgIpc) is 2.45. The summed E-state index contributed by atoms with van der Waals surface area (Å²) in [5, 5.41) is 13.5. The van der Waals surface area contributed by atoms with Crippen LogP contribution in [0.5, 0.6) is 0 Å². The maximum Gasteiger partial charge on any atom is 0.108 e. The van der Waals surface area contributed by atoms with E-state index in [-0.39, 0.29) is 5.54 Å². The highest BCUT2D eigenvalue weighted by Crippen LogP contribution is 2.18. The molecule has 0 saturated heterocycles. The Balaban J connectivity index is 2.14. The molecule has 2 N–H and O–H groups in total. The van der Waals surface area contributed by atoms with Crippen molar-refractivity contribution in [3.05, 3.63) is 48.4 Å². The van der Waals surface area contributed by atoms with E-state index in [1.54, 1.807) is 12.4 Å². The molecule has 0 aliphatic rings. The quantitative estimate of drug-likeness (QED) is 0.897. The van der Waals surface area contributed by atoms with Gasteiger partial charge in [0.15, 0.2) is 0 Å². The molecule has 0 aliphatic heterocycles. The summed E-state index contributed by atoms with van der Waals surface area (Å²) in [5.74, 6) is 0. The third-order valence-electron chi connectivity index (χ3n) is 2.90. The van der Waals surface area contributed by atoms with E-state index in [1.807, 2.05) is 30.3 Å². The van der Waals surface area contributed by atoms with Crippen LogP contribution in [0.1, 0.15) is 32.6 Å². The Hall–Kier alpha value is -1.78. The molecular weight excluding hydrogens is 250 g/mol. The summed E-state index contributed by atoms with van der Waals surface area (Å²) in [6.07, 6.45) is 2.88.